The monoisotopic (exact) mass is 199 g/mol. The van der Waals surface area contributed by atoms with Gasteiger partial charge in [-0.1, -0.05) is 0 Å². The van der Waals surface area contributed by atoms with E-state index in [1.807, 2.05) is 0 Å². The average molecular weight is 199 g/mol. The van der Waals surface area contributed by atoms with Gasteiger partial charge in [-0.25, -0.2) is 10.8 Å². The van der Waals surface area contributed by atoms with Gasteiger partial charge < -0.3 is 4.98 Å². The van der Waals surface area contributed by atoms with Crippen LogP contribution in [0, 0.1) is 3.95 Å². The van der Waals surface area contributed by atoms with Crippen LogP contribution in [0.15, 0.2) is 6.20 Å². The molecule has 0 aromatic carbocycles. The molecule has 0 unspecified atom stereocenters. The summed E-state index contributed by atoms with van der Waals surface area (Å²) in [4.78, 5) is 10.9. The van der Waals surface area contributed by atoms with E-state index in [0.29, 0.717) is 15.5 Å². The van der Waals surface area contributed by atoms with Crippen molar-refractivity contribution in [3.63, 3.8) is 0 Å². The molecule has 0 aliphatic heterocycles. The molecule has 0 aliphatic rings. The Labute approximate surface area is 76.6 Å². The molecule has 12 heavy (non-hydrogen) atoms. The van der Waals surface area contributed by atoms with E-state index in [1.54, 1.807) is 6.20 Å². The van der Waals surface area contributed by atoms with E-state index in [0.717, 1.165) is 4.70 Å². The van der Waals surface area contributed by atoms with Crippen LogP contribution in [0.2, 0.25) is 0 Å². The Kier molecular flexibility index (Phi) is 1.75. The normalized spacial score (nSPS) is 10.4. The van der Waals surface area contributed by atoms with Crippen LogP contribution < -0.4 is 11.3 Å². The lowest BCUT2D eigenvalue weighted by molar-refractivity contribution is 1.14. The van der Waals surface area contributed by atoms with Crippen molar-refractivity contribution in [2.75, 3.05) is 5.43 Å². The van der Waals surface area contributed by atoms with Gasteiger partial charge in [-0.05, 0) is 12.2 Å². The second-order valence-electron chi connectivity index (χ2n) is 2.07. The van der Waals surface area contributed by atoms with Crippen molar-refractivity contribution in [3.05, 3.63) is 10.2 Å². The number of hydrogen-bond donors (Lipinski definition) is 3. The summed E-state index contributed by atoms with van der Waals surface area (Å²) in [7, 11) is 0. The lowest BCUT2D eigenvalue weighted by Gasteiger charge is -1.94. The first-order valence-corrected chi connectivity index (χ1v) is 4.34. The zero-order chi connectivity index (χ0) is 8.55. The van der Waals surface area contributed by atoms with Crippen molar-refractivity contribution in [3.8, 4) is 0 Å². The van der Waals surface area contributed by atoms with E-state index in [-0.39, 0.29) is 0 Å². The van der Waals surface area contributed by atoms with Crippen LogP contribution in [-0.4, -0.2) is 15.0 Å². The summed E-state index contributed by atoms with van der Waals surface area (Å²) in [5, 5.41) is 0. The summed E-state index contributed by atoms with van der Waals surface area (Å²) in [5.41, 5.74) is 3.07. The number of nitrogens with one attached hydrogen (secondary N) is 2. The Morgan fingerprint density at radius 2 is 2.50 bits per heavy atom. The minimum Gasteiger partial charge on any atom is -0.321 e. The molecular formula is C5H5N5S2. The fourth-order valence-electron chi connectivity index (χ4n) is 0.827. The maximum absolute atomic E-state index is 5.14. The highest BCUT2D eigenvalue weighted by Crippen LogP contribution is 2.16. The Morgan fingerprint density at radius 3 is 3.25 bits per heavy atom. The molecule has 0 atom stereocenters. The molecule has 2 aromatic heterocycles. The Morgan fingerprint density at radius 1 is 1.67 bits per heavy atom. The first kappa shape index (κ1) is 7.59. The number of aromatic amines is 1. The van der Waals surface area contributed by atoms with Crippen LogP contribution in [-0.2, 0) is 0 Å². The third kappa shape index (κ3) is 1.17. The van der Waals surface area contributed by atoms with E-state index >= 15 is 0 Å². The molecule has 2 rings (SSSR count). The van der Waals surface area contributed by atoms with Crippen LogP contribution in [0.1, 0.15) is 0 Å². The minimum atomic E-state index is 0.381. The van der Waals surface area contributed by atoms with E-state index in [2.05, 4.69) is 20.4 Å². The summed E-state index contributed by atoms with van der Waals surface area (Å²) in [6.07, 6.45) is 1.68. The molecule has 0 fully saturated rings. The molecule has 0 bridgehead atoms. The Balaban J connectivity index is 2.74. The lowest BCUT2D eigenvalue weighted by atomic mass is 10.6. The number of thiazole rings is 1. The average Bonchev–Trinajstić information content (AvgIpc) is 2.43. The maximum Gasteiger partial charge on any atom is 0.239 e. The maximum atomic E-state index is 5.14. The van der Waals surface area contributed by atoms with Gasteiger partial charge in [0.1, 0.15) is 0 Å². The molecule has 62 valence electrons. The molecule has 0 radical (unpaired) electrons. The van der Waals surface area contributed by atoms with Crippen molar-refractivity contribution < 1.29 is 0 Å². The molecule has 0 amide bonds. The van der Waals surface area contributed by atoms with Gasteiger partial charge >= 0.3 is 0 Å². The summed E-state index contributed by atoms with van der Waals surface area (Å²) in [6, 6.07) is 0. The molecule has 0 saturated heterocycles. The van der Waals surface area contributed by atoms with Crippen molar-refractivity contribution in [1.29, 1.82) is 0 Å². The first-order chi connectivity index (χ1) is 5.79. The SMILES string of the molecule is NNc1ncc2sc(=S)[nH]c2n1. The Bertz CT molecular complexity index is 458. The molecule has 0 spiro atoms. The van der Waals surface area contributed by atoms with E-state index < -0.39 is 0 Å². The third-order valence-corrected chi connectivity index (χ3v) is 2.47. The second kappa shape index (κ2) is 2.77. The predicted molar refractivity (Wildman–Crippen MR) is 50.4 cm³/mol. The molecule has 4 N–H and O–H groups in total. The molecular weight excluding hydrogens is 194 g/mol. The minimum absolute atomic E-state index is 0.381. The van der Waals surface area contributed by atoms with Gasteiger partial charge in [0, 0.05) is 0 Å². The Hall–Kier alpha value is -1.05. The molecule has 2 aromatic rings. The van der Waals surface area contributed by atoms with Crippen LogP contribution >= 0.6 is 23.6 Å². The van der Waals surface area contributed by atoms with Gasteiger partial charge in [0.05, 0.1) is 10.9 Å². The standard InChI is InChI=1S/C5H5N5S2/c6-10-4-7-1-2-3(8-4)9-5(11)12-2/h1H,6H2,(H2,7,8,9,10,11). The van der Waals surface area contributed by atoms with Gasteiger partial charge in [0.2, 0.25) is 5.95 Å². The van der Waals surface area contributed by atoms with Crippen molar-refractivity contribution in [2.24, 2.45) is 5.84 Å². The van der Waals surface area contributed by atoms with Crippen molar-refractivity contribution in [2.45, 2.75) is 0 Å². The highest BCUT2D eigenvalue weighted by Gasteiger charge is 1.99. The second-order valence-corrected chi connectivity index (χ2v) is 3.78. The van der Waals surface area contributed by atoms with Gasteiger partial charge in [-0.2, -0.15) is 4.98 Å². The number of nitrogen functional groups attached to an aromatic ring is 1. The van der Waals surface area contributed by atoms with Gasteiger partial charge in [-0.3, -0.25) is 5.43 Å². The number of H-pyrrole nitrogens is 1. The van der Waals surface area contributed by atoms with Crippen molar-refractivity contribution >= 4 is 39.9 Å². The molecule has 0 aliphatic carbocycles. The number of nitrogens with zero attached hydrogens (tertiary/aromatic N) is 2. The topological polar surface area (TPSA) is 79.6 Å². The number of anilines is 1. The zero-order valence-electron chi connectivity index (χ0n) is 5.87. The molecule has 5 nitrogen and oxygen atoms in total. The lowest BCUT2D eigenvalue weighted by Crippen LogP contribution is -2.09. The number of hydrogen-bond acceptors (Lipinski definition) is 6. The van der Waals surface area contributed by atoms with Crippen LogP contribution in [0.25, 0.3) is 10.3 Å². The summed E-state index contributed by atoms with van der Waals surface area (Å²) >= 11 is 6.37. The number of fused-ring (bicyclic) bond motifs is 1. The van der Waals surface area contributed by atoms with Crippen LogP contribution in [0.5, 0.6) is 0 Å². The molecule has 0 saturated carbocycles. The third-order valence-electron chi connectivity index (χ3n) is 1.31. The first-order valence-electron chi connectivity index (χ1n) is 3.12. The summed E-state index contributed by atoms with van der Waals surface area (Å²) < 4.78 is 1.62. The fraction of sp³-hybridized carbons (Fsp3) is 0. The number of rotatable bonds is 1. The zero-order valence-corrected chi connectivity index (χ0v) is 7.50. The fourth-order valence-corrected chi connectivity index (χ4v) is 1.84. The van der Waals surface area contributed by atoms with Gasteiger partial charge in [0.25, 0.3) is 0 Å². The van der Waals surface area contributed by atoms with Crippen LogP contribution in [0.4, 0.5) is 5.95 Å². The highest BCUT2D eigenvalue weighted by molar-refractivity contribution is 7.73. The van der Waals surface area contributed by atoms with Crippen LogP contribution in [0.3, 0.4) is 0 Å². The van der Waals surface area contributed by atoms with E-state index in [1.165, 1.54) is 11.3 Å². The highest BCUT2D eigenvalue weighted by atomic mass is 32.1. The number of aromatic nitrogens is 3. The quantitative estimate of drug-likeness (QED) is 0.363. The van der Waals surface area contributed by atoms with E-state index in [9.17, 15) is 0 Å². The van der Waals surface area contributed by atoms with Gasteiger partial charge in [0.15, 0.2) is 9.60 Å². The number of nitrogens with two attached hydrogens (primary N) is 1. The number of hydrazine groups is 1. The van der Waals surface area contributed by atoms with E-state index in [4.69, 9.17) is 18.1 Å². The smallest absolute Gasteiger partial charge is 0.239 e. The predicted octanol–water partition coefficient (Wildman–Crippen LogP) is 1.03. The molecule has 7 heteroatoms. The molecule has 2 heterocycles. The summed E-state index contributed by atoms with van der Waals surface area (Å²) in [5.74, 6) is 5.52. The largest absolute Gasteiger partial charge is 0.321 e. The summed E-state index contributed by atoms with van der Waals surface area (Å²) in [6.45, 7) is 0. The van der Waals surface area contributed by atoms with Gasteiger partial charge in [-0.15, -0.1) is 11.3 Å². The van der Waals surface area contributed by atoms with Crippen molar-refractivity contribution in [1.82, 2.24) is 15.0 Å².